The first-order valence-electron chi connectivity index (χ1n) is 7.50. The molecular weight excluding hydrogens is 407 g/mol. The number of carbonyl (C=O) groups excluding carboxylic acids is 2. The predicted octanol–water partition coefficient (Wildman–Crippen LogP) is 1.32. The summed E-state index contributed by atoms with van der Waals surface area (Å²) in [6, 6.07) is 3.68. The van der Waals surface area contributed by atoms with Crippen molar-refractivity contribution < 1.29 is 34.3 Å². The van der Waals surface area contributed by atoms with Gasteiger partial charge in [0.1, 0.15) is 12.7 Å². The second-order valence-electron chi connectivity index (χ2n) is 5.29. The molecule has 0 fully saturated rings. The summed E-state index contributed by atoms with van der Waals surface area (Å²) in [7, 11) is 0. The van der Waals surface area contributed by atoms with Gasteiger partial charge in [0.2, 0.25) is 0 Å². The molecule has 0 bridgehead atoms. The van der Waals surface area contributed by atoms with Gasteiger partial charge in [-0.2, -0.15) is 0 Å². The highest BCUT2D eigenvalue weighted by molar-refractivity contribution is 6.53. The van der Waals surface area contributed by atoms with Crippen LogP contribution >= 0.6 is 23.2 Å². The average molecular weight is 423 g/mol. The Morgan fingerprint density at radius 3 is 2.26 bits per heavy atom. The van der Waals surface area contributed by atoms with E-state index in [1.807, 2.05) is 0 Å². The van der Waals surface area contributed by atoms with Crippen LogP contribution in [0.3, 0.4) is 0 Å². The van der Waals surface area contributed by atoms with E-state index in [2.05, 4.69) is 5.32 Å². The number of esters is 1. The third-order valence-corrected chi connectivity index (χ3v) is 3.72. The van der Waals surface area contributed by atoms with Gasteiger partial charge >= 0.3 is 11.9 Å². The Bertz CT molecular complexity index is 696. The number of ether oxygens (including phenoxy) is 1. The summed E-state index contributed by atoms with van der Waals surface area (Å²) in [4.78, 5) is 42.3. The van der Waals surface area contributed by atoms with Crippen LogP contribution in [0.1, 0.15) is 24.5 Å². The number of nitro benzene ring substituents is 1. The second-order valence-corrected chi connectivity index (χ2v) is 6.38. The molecule has 0 saturated carbocycles. The van der Waals surface area contributed by atoms with Crippen LogP contribution in [0.15, 0.2) is 24.3 Å². The number of amides is 1. The Morgan fingerprint density at radius 1 is 1.19 bits per heavy atom. The smallest absolute Gasteiger partial charge is 0.306 e. The van der Waals surface area contributed by atoms with Crippen LogP contribution in [-0.4, -0.2) is 50.5 Å². The number of rotatable bonds is 10. The molecular formula is C15H16Cl2N2O8. The molecule has 0 radical (unpaired) electrons. The molecule has 1 aromatic carbocycles. The van der Waals surface area contributed by atoms with E-state index in [1.165, 1.54) is 12.1 Å². The number of carbonyl (C=O) groups is 3. The van der Waals surface area contributed by atoms with Crippen molar-refractivity contribution in [3.8, 4) is 0 Å². The third kappa shape index (κ3) is 7.77. The Labute approximate surface area is 163 Å². The minimum atomic E-state index is -1.45. The lowest BCUT2D eigenvalue weighted by molar-refractivity contribution is -0.384. The van der Waals surface area contributed by atoms with E-state index in [4.69, 9.17) is 33.0 Å². The van der Waals surface area contributed by atoms with E-state index in [9.17, 15) is 29.6 Å². The van der Waals surface area contributed by atoms with Crippen LogP contribution in [0.4, 0.5) is 5.69 Å². The number of halogens is 2. The number of hydrogen-bond acceptors (Lipinski definition) is 7. The highest BCUT2D eigenvalue weighted by atomic mass is 35.5. The van der Waals surface area contributed by atoms with Crippen LogP contribution in [0, 0.1) is 10.1 Å². The van der Waals surface area contributed by atoms with Gasteiger partial charge in [0.25, 0.3) is 11.6 Å². The topological polar surface area (TPSA) is 156 Å². The second kappa shape index (κ2) is 10.7. The Hall–Kier alpha value is -2.43. The minimum Gasteiger partial charge on any atom is -0.481 e. The predicted molar refractivity (Wildman–Crippen MR) is 93.3 cm³/mol. The summed E-state index contributed by atoms with van der Waals surface area (Å²) < 4.78 is 4.87. The van der Waals surface area contributed by atoms with E-state index in [1.54, 1.807) is 0 Å². The SMILES string of the molecule is O=C(O)CCC(=O)OC[C@@H](NC(=O)C(Cl)Cl)C(O)c1ccc([N+](=O)[O-])cc1. The number of nitrogens with zero attached hydrogens (tertiary/aromatic N) is 1. The van der Waals surface area contributed by atoms with Crippen LogP contribution < -0.4 is 5.32 Å². The molecule has 0 aliphatic rings. The summed E-state index contributed by atoms with van der Waals surface area (Å²) in [6.45, 7) is -0.497. The van der Waals surface area contributed by atoms with Gasteiger partial charge in [0, 0.05) is 12.1 Å². The average Bonchev–Trinajstić information content (AvgIpc) is 2.62. The summed E-state index contributed by atoms with van der Waals surface area (Å²) in [6.07, 6.45) is -2.24. The van der Waals surface area contributed by atoms with Crippen molar-refractivity contribution in [1.82, 2.24) is 5.32 Å². The summed E-state index contributed by atoms with van der Waals surface area (Å²) in [5.41, 5.74) is 0.00129. The Kier molecular flexibility index (Phi) is 8.92. The fourth-order valence-electron chi connectivity index (χ4n) is 1.95. The number of carboxylic acids is 1. The lowest BCUT2D eigenvalue weighted by Crippen LogP contribution is -2.45. The number of aliphatic carboxylic acids is 1. The number of benzene rings is 1. The molecule has 0 spiro atoms. The standard InChI is InChI=1S/C15H16Cl2N2O8/c16-14(17)15(24)18-10(7-27-12(22)6-5-11(20)21)13(23)8-1-3-9(4-2-8)19(25)26/h1-4,10,13-14,23H,5-7H2,(H,18,24)(H,20,21)/t10-,13?/m1/s1. The van der Waals surface area contributed by atoms with Gasteiger partial charge in [0.05, 0.1) is 23.8 Å². The quantitative estimate of drug-likeness (QED) is 0.220. The van der Waals surface area contributed by atoms with Crippen molar-refractivity contribution in [3.05, 3.63) is 39.9 Å². The molecule has 148 valence electrons. The fourth-order valence-corrected chi connectivity index (χ4v) is 2.07. The Balaban J connectivity index is 2.85. The summed E-state index contributed by atoms with van der Waals surface area (Å²) in [5.74, 6) is -2.89. The first kappa shape index (κ1) is 22.6. The van der Waals surface area contributed by atoms with Gasteiger partial charge in [-0.3, -0.25) is 24.5 Å². The molecule has 10 nitrogen and oxygen atoms in total. The molecule has 0 aliphatic heterocycles. The third-order valence-electron chi connectivity index (χ3n) is 3.32. The zero-order chi connectivity index (χ0) is 20.6. The number of nitro groups is 1. The monoisotopic (exact) mass is 422 g/mol. The largest absolute Gasteiger partial charge is 0.481 e. The van der Waals surface area contributed by atoms with E-state index >= 15 is 0 Å². The zero-order valence-electron chi connectivity index (χ0n) is 13.7. The number of aliphatic hydroxyl groups excluding tert-OH is 1. The maximum absolute atomic E-state index is 11.7. The molecule has 12 heteroatoms. The van der Waals surface area contributed by atoms with E-state index in [-0.39, 0.29) is 11.3 Å². The van der Waals surface area contributed by atoms with Crippen molar-refractivity contribution in [2.75, 3.05) is 6.61 Å². The normalized spacial score (nSPS) is 12.9. The maximum Gasteiger partial charge on any atom is 0.306 e. The van der Waals surface area contributed by atoms with Crippen LogP contribution in [-0.2, 0) is 19.1 Å². The molecule has 1 unspecified atom stereocenters. The molecule has 0 saturated heterocycles. The van der Waals surface area contributed by atoms with Crippen molar-refractivity contribution in [2.45, 2.75) is 29.8 Å². The van der Waals surface area contributed by atoms with Crippen molar-refractivity contribution in [1.29, 1.82) is 0 Å². The van der Waals surface area contributed by atoms with Gasteiger partial charge < -0.3 is 20.3 Å². The Morgan fingerprint density at radius 2 is 1.78 bits per heavy atom. The highest BCUT2D eigenvalue weighted by Gasteiger charge is 2.27. The highest BCUT2D eigenvalue weighted by Crippen LogP contribution is 2.21. The maximum atomic E-state index is 11.7. The van der Waals surface area contributed by atoms with Gasteiger partial charge in [-0.1, -0.05) is 23.2 Å². The van der Waals surface area contributed by atoms with Crippen LogP contribution in [0.25, 0.3) is 0 Å². The van der Waals surface area contributed by atoms with Gasteiger partial charge in [-0.05, 0) is 17.7 Å². The molecule has 1 aromatic rings. The number of non-ortho nitro benzene ring substituents is 1. The van der Waals surface area contributed by atoms with E-state index in [0.29, 0.717) is 0 Å². The lowest BCUT2D eigenvalue weighted by Gasteiger charge is -2.24. The van der Waals surface area contributed by atoms with E-state index < -0.39 is 59.2 Å². The molecule has 1 rings (SSSR count). The molecule has 1 amide bonds. The van der Waals surface area contributed by atoms with Crippen molar-refractivity contribution in [3.63, 3.8) is 0 Å². The number of nitrogens with one attached hydrogen (secondary N) is 1. The molecule has 3 N–H and O–H groups in total. The van der Waals surface area contributed by atoms with Crippen molar-refractivity contribution in [2.24, 2.45) is 0 Å². The molecule has 27 heavy (non-hydrogen) atoms. The number of carboxylic acid groups (broad SMARTS) is 1. The molecule has 2 atom stereocenters. The zero-order valence-corrected chi connectivity index (χ0v) is 15.2. The molecule has 0 aromatic heterocycles. The first-order valence-corrected chi connectivity index (χ1v) is 8.37. The van der Waals surface area contributed by atoms with Gasteiger partial charge in [-0.15, -0.1) is 0 Å². The fraction of sp³-hybridized carbons (Fsp3) is 0.400. The van der Waals surface area contributed by atoms with Gasteiger partial charge in [-0.25, -0.2) is 0 Å². The van der Waals surface area contributed by atoms with Crippen molar-refractivity contribution >= 4 is 46.7 Å². The lowest BCUT2D eigenvalue weighted by atomic mass is 10.0. The number of aliphatic hydroxyl groups is 1. The molecule has 0 heterocycles. The summed E-state index contributed by atoms with van der Waals surface area (Å²) in [5, 5.41) is 31.9. The van der Waals surface area contributed by atoms with E-state index in [0.717, 1.165) is 12.1 Å². The van der Waals surface area contributed by atoms with Gasteiger partial charge in [0.15, 0.2) is 4.84 Å². The number of alkyl halides is 2. The van der Waals surface area contributed by atoms with Crippen LogP contribution in [0.5, 0.6) is 0 Å². The molecule has 0 aliphatic carbocycles. The minimum absolute atomic E-state index is 0.201. The number of hydrogen-bond donors (Lipinski definition) is 3. The summed E-state index contributed by atoms with van der Waals surface area (Å²) >= 11 is 10.9. The first-order chi connectivity index (χ1) is 12.6. The van der Waals surface area contributed by atoms with Crippen LogP contribution in [0.2, 0.25) is 0 Å².